The predicted octanol–water partition coefficient (Wildman–Crippen LogP) is 1.49. The van der Waals surface area contributed by atoms with Crippen LogP contribution in [-0.2, 0) is 4.79 Å². The molecule has 0 saturated heterocycles. The first-order valence-electron chi connectivity index (χ1n) is 3.59. The quantitative estimate of drug-likeness (QED) is 0.431. The van der Waals surface area contributed by atoms with Crippen LogP contribution in [0.3, 0.4) is 0 Å². The molecule has 0 fully saturated rings. The zero-order valence-electron chi connectivity index (χ0n) is 6.74. The maximum Gasteiger partial charge on any atom is 0.235 e. The highest BCUT2D eigenvalue weighted by Crippen LogP contribution is 2.23. The second kappa shape index (κ2) is 3.17. The molecule has 0 aliphatic heterocycles. The number of nitriles is 1. The van der Waals surface area contributed by atoms with Crippen molar-refractivity contribution in [3.63, 3.8) is 0 Å². The molecule has 0 amide bonds. The molecule has 0 heterocycles. The summed E-state index contributed by atoms with van der Waals surface area (Å²) in [6.07, 6.45) is 7.29. The van der Waals surface area contributed by atoms with Crippen molar-refractivity contribution in [3.05, 3.63) is 23.8 Å². The second-order valence-corrected chi connectivity index (χ2v) is 2.87. The number of carbonyl (C=O) groups excluding carboxylic acids is 1. The van der Waals surface area contributed by atoms with Crippen molar-refractivity contribution < 1.29 is 4.79 Å². The summed E-state index contributed by atoms with van der Waals surface area (Å²) in [6.45, 7) is 1.82. The third-order valence-electron chi connectivity index (χ3n) is 1.79. The van der Waals surface area contributed by atoms with E-state index in [-0.39, 0.29) is 0 Å². The molecule has 1 atom stereocenters. The topological polar surface area (TPSA) is 53.2 Å². The number of hydrogen-bond acceptors (Lipinski definition) is 3. The molecule has 0 aromatic rings. The Morgan fingerprint density at radius 2 is 2.50 bits per heavy atom. The van der Waals surface area contributed by atoms with Crippen LogP contribution in [0.4, 0.5) is 0 Å². The zero-order valence-corrected chi connectivity index (χ0v) is 6.74. The maximum atomic E-state index is 10.0. The molecule has 60 valence electrons. The highest BCUT2D eigenvalue weighted by Gasteiger charge is 2.21. The van der Waals surface area contributed by atoms with Gasteiger partial charge in [-0.3, -0.25) is 0 Å². The van der Waals surface area contributed by atoms with Crippen LogP contribution >= 0.6 is 0 Å². The average Bonchev–Trinajstić information content (AvgIpc) is 2.06. The van der Waals surface area contributed by atoms with Crippen LogP contribution in [0.15, 0.2) is 28.8 Å². The third-order valence-corrected chi connectivity index (χ3v) is 1.79. The summed E-state index contributed by atoms with van der Waals surface area (Å²) in [4.78, 5) is 13.7. The molecule has 0 saturated carbocycles. The first-order valence-corrected chi connectivity index (χ1v) is 3.59. The zero-order chi connectivity index (χ0) is 9.03. The SMILES string of the molecule is CC1(N=C=O)C=CC(C#N)=CC1. The van der Waals surface area contributed by atoms with E-state index in [1.807, 2.05) is 13.0 Å². The van der Waals surface area contributed by atoms with Gasteiger partial charge in [0.05, 0.1) is 11.6 Å². The van der Waals surface area contributed by atoms with Gasteiger partial charge in [0.15, 0.2) is 0 Å². The minimum Gasteiger partial charge on any atom is -0.211 e. The Morgan fingerprint density at radius 1 is 1.75 bits per heavy atom. The Hall–Kier alpha value is -1.65. The minimum atomic E-state index is -0.498. The highest BCUT2D eigenvalue weighted by atomic mass is 16.1. The van der Waals surface area contributed by atoms with Crippen molar-refractivity contribution >= 4 is 6.08 Å². The molecular weight excluding hydrogens is 152 g/mol. The lowest BCUT2D eigenvalue weighted by atomic mass is 9.92. The lowest BCUT2D eigenvalue weighted by Gasteiger charge is -2.19. The van der Waals surface area contributed by atoms with Crippen molar-refractivity contribution in [1.29, 1.82) is 5.26 Å². The summed E-state index contributed by atoms with van der Waals surface area (Å²) < 4.78 is 0. The lowest BCUT2D eigenvalue weighted by molar-refractivity contribution is 0.538. The minimum absolute atomic E-state index is 0.498. The molecule has 1 unspecified atom stereocenters. The first-order chi connectivity index (χ1) is 5.70. The van der Waals surface area contributed by atoms with E-state index in [4.69, 9.17) is 5.26 Å². The molecule has 1 aliphatic carbocycles. The fraction of sp³-hybridized carbons (Fsp3) is 0.333. The Labute approximate surface area is 70.7 Å². The maximum absolute atomic E-state index is 10.0. The Morgan fingerprint density at radius 3 is 2.92 bits per heavy atom. The van der Waals surface area contributed by atoms with Gasteiger partial charge in [-0.2, -0.15) is 10.3 Å². The molecule has 0 aromatic carbocycles. The third kappa shape index (κ3) is 1.69. The first kappa shape index (κ1) is 8.45. The van der Waals surface area contributed by atoms with Gasteiger partial charge in [0, 0.05) is 5.57 Å². The van der Waals surface area contributed by atoms with Crippen molar-refractivity contribution in [3.8, 4) is 6.07 Å². The van der Waals surface area contributed by atoms with E-state index in [2.05, 4.69) is 4.99 Å². The normalized spacial score (nSPS) is 26.8. The molecule has 12 heavy (non-hydrogen) atoms. The van der Waals surface area contributed by atoms with E-state index in [1.165, 1.54) is 6.08 Å². The smallest absolute Gasteiger partial charge is 0.211 e. The van der Waals surface area contributed by atoms with E-state index < -0.39 is 5.54 Å². The number of hydrogen-bond donors (Lipinski definition) is 0. The Balaban J connectivity index is 2.84. The van der Waals surface area contributed by atoms with Gasteiger partial charge in [0.2, 0.25) is 6.08 Å². The summed E-state index contributed by atoms with van der Waals surface area (Å²) >= 11 is 0. The summed E-state index contributed by atoms with van der Waals surface area (Å²) in [5, 5.41) is 8.51. The van der Waals surface area contributed by atoms with Gasteiger partial charge in [-0.1, -0.05) is 12.2 Å². The van der Waals surface area contributed by atoms with E-state index in [0.29, 0.717) is 12.0 Å². The fourth-order valence-electron chi connectivity index (χ4n) is 0.992. The van der Waals surface area contributed by atoms with Crippen molar-refractivity contribution in [2.45, 2.75) is 18.9 Å². The molecule has 3 nitrogen and oxygen atoms in total. The van der Waals surface area contributed by atoms with E-state index >= 15 is 0 Å². The van der Waals surface area contributed by atoms with E-state index in [0.717, 1.165) is 0 Å². The average molecular weight is 160 g/mol. The van der Waals surface area contributed by atoms with Gasteiger partial charge in [-0.15, -0.1) is 0 Å². The van der Waals surface area contributed by atoms with E-state index in [9.17, 15) is 4.79 Å². The molecule has 0 spiro atoms. The number of nitrogens with zero attached hydrogens (tertiary/aromatic N) is 2. The lowest BCUT2D eigenvalue weighted by Crippen LogP contribution is -2.19. The van der Waals surface area contributed by atoms with Crippen LogP contribution in [0.25, 0.3) is 0 Å². The molecule has 1 aliphatic rings. The predicted molar refractivity (Wildman–Crippen MR) is 44.0 cm³/mol. The van der Waals surface area contributed by atoms with Crippen LogP contribution in [0, 0.1) is 11.3 Å². The van der Waals surface area contributed by atoms with Gasteiger partial charge in [-0.25, -0.2) is 4.79 Å². The Bertz CT molecular complexity index is 329. The molecule has 0 bridgehead atoms. The van der Waals surface area contributed by atoms with Gasteiger partial charge in [-0.05, 0) is 19.4 Å². The second-order valence-electron chi connectivity index (χ2n) is 2.87. The van der Waals surface area contributed by atoms with Gasteiger partial charge < -0.3 is 0 Å². The van der Waals surface area contributed by atoms with Crippen LogP contribution < -0.4 is 0 Å². The summed E-state index contributed by atoms with van der Waals surface area (Å²) in [6, 6.07) is 2.02. The van der Waals surface area contributed by atoms with E-state index in [1.54, 1.807) is 18.2 Å². The molecule has 3 heteroatoms. The molecule has 0 aromatic heterocycles. The summed E-state index contributed by atoms with van der Waals surface area (Å²) in [7, 11) is 0. The van der Waals surface area contributed by atoms with Gasteiger partial charge in [0.25, 0.3) is 0 Å². The molecule has 1 rings (SSSR count). The largest absolute Gasteiger partial charge is 0.235 e. The Kier molecular flexibility index (Phi) is 2.23. The van der Waals surface area contributed by atoms with Crippen molar-refractivity contribution in [2.75, 3.05) is 0 Å². The molecule has 0 radical (unpaired) electrons. The summed E-state index contributed by atoms with van der Waals surface area (Å²) in [5.41, 5.74) is 0.121. The van der Waals surface area contributed by atoms with Crippen LogP contribution in [0.5, 0.6) is 0 Å². The van der Waals surface area contributed by atoms with Crippen molar-refractivity contribution in [2.24, 2.45) is 4.99 Å². The fourth-order valence-corrected chi connectivity index (χ4v) is 0.992. The highest BCUT2D eigenvalue weighted by molar-refractivity contribution is 5.42. The van der Waals surface area contributed by atoms with Crippen LogP contribution in [-0.4, -0.2) is 11.6 Å². The number of aliphatic imine (C=N–C) groups is 1. The number of isocyanates is 1. The van der Waals surface area contributed by atoms with Gasteiger partial charge in [0.1, 0.15) is 0 Å². The van der Waals surface area contributed by atoms with Crippen LogP contribution in [0.2, 0.25) is 0 Å². The molecule has 0 N–H and O–H groups in total. The standard InChI is InChI=1S/C9H8N2O/c1-9(11-7-12)4-2-8(6-10)3-5-9/h2-4H,5H2,1H3. The van der Waals surface area contributed by atoms with Crippen LogP contribution in [0.1, 0.15) is 13.3 Å². The number of allylic oxidation sites excluding steroid dienone is 2. The molecular formula is C9H8N2O. The van der Waals surface area contributed by atoms with Gasteiger partial charge >= 0.3 is 0 Å². The number of rotatable bonds is 1. The monoisotopic (exact) mass is 160 g/mol. The van der Waals surface area contributed by atoms with Crippen molar-refractivity contribution in [1.82, 2.24) is 0 Å². The summed E-state index contributed by atoms with van der Waals surface area (Å²) in [5.74, 6) is 0.